The Morgan fingerprint density at radius 2 is 1.65 bits per heavy atom. The van der Waals surface area contributed by atoms with Crippen LogP contribution in [-0.4, -0.2) is 117 Å². The Balaban J connectivity index is 1.55. The van der Waals surface area contributed by atoms with Crippen LogP contribution >= 0.6 is 17.2 Å². The molecule has 0 spiro atoms. The van der Waals surface area contributed by atoms with Crippen molar-refractivity contribution in [2.24, 2.45) is 5.92 Å². The number of nitrogens with zero attached hydrogens (tertiary/aromatic N) is 3. The van der Waals surface area contributed by atoms with Crippen molar-refractivity contribution in [2.45, 2.75) is 45.1 Å². The van der Waals surface area contributed by atoms with E-state index in [2.05, 4.69) is 29.6 Å². The molecule has 1 fully saturated rings. The molecular formula is C27H41BN6O12P2. The average Bonchev–Trinajstić information content (AvgIpc) is 3.01. The minimum absolute atomic E-state index is 0.0843. The standard InChI is InChI=1S/C27H41BN6O12P2/c1-19(2)16-23(32-24(35)21(17-20-6-4-3-5-7-20)31-25(36)22-18-29-8-9-30-22)28-43-14-11-34(12-15-44-28)10-13-42-26(37)33-27(45-47(38)39)46-48(40)41/h3-9,18-19,21,23,27,38-41H,10-17H2,1-2H3,(H,31,36)(H,32,35)(H,33,37)/t21-,23+/m1/s1. The summed E-state index contributed by atoms with van der Waals surface area (Å²) in [5.41, 5.74) is 0.939. The fourth-order valence-corrected chi connectivity index (χ4v) is 5.20. The van der Waals surface area contributed by atoms with Gasteiger partial charge in [-0.05, 0) is 17.9 Å². The van der Waals surface area contributed by atoms with E-state index in [1.54, 1.807) is 0 Å². The lowest BCUT2D eigenvalue weighted by molar-refractivity contribution is -0.123. The summed E-state index contributed by atoms with van der Waals surface area (Å²) in [5.74, 6) is -1.29. The third-order valence-corrected chi connectivity index (χ3v) is 7.48. The molecule has 1 aliphatic heterocycles. The molecule has 0 saturated carbocycles. The van der Waals surface area contributed by atoms with E-state index >= 15 is 0 Å². The van der Waals surface area contributed by atoms with E-state index in [-0.39, 0.29) is 44.4 Å². The van der Waals surface area contributed by atoms with Crippen molar-refractivity contribution in [2.75, 3.05) is 39.5 Å². The number of carbonyl (C=O) groups excluding carboxylic acids is 3. The zero-order valence-corrected chi connectivity index (χ0v) is 28.2. The van der Waals surface area contributed by atoms with Gasteiger partial charge < -0.3 is 44.3 Å². The number of hydrogen-bond donors (Lipinski definition) is 7. The topological polar surface area (TPSA) is 243 Å². The van der Waals surface area contributed by atoms with Gasteiger partial charge in [-0.15, -0.1) is 0 Å². The number of nitrogens with one attached hydrogen (secondary N) is 3. The van der Waals surface area contributed by atoms with Crippen LogP contribution in [0, 0.1) is 5.92 Å². The summed E-state index contributed by atoms with van der Waals surface area (Å²) in [6.07, 6.45) is 2.05. The van der Waals surface area contributed by atoms with Crippen LogP contribution in [0.3, 0.4) is 0 Å². The number of amides is 3. The zero-order valence-electron chi connectivity index (χ0n) is 26.5. The monoisotopic (exact) mass is 714 g/mol. The summed E-state index contributed by atoms with van der Waals surface area (Å²) < 4.78 is 26.1. The molecule has 2 atom stereocenters. The van der Waals surface area contributed by atoms with Gasteiger partial charge in [0.05, 0.1) is 12.1 Å². The second-order valence-corrected chi connectivity index (χ2v) is 12.3. The fourth-order valence-electron chi connectivity index (χ4n) is 4.60. The Bertz CT molecular complexity index is 1240. The fraction of sp³-hybridized carbons (Fsp3) is 0.519. The molecule has 264 valence electrons. The smallest absolute Gasteiger partial charge is 0.448 e. The lowest BCUT2D eigenvalue weighted by atomic mass is 9.73. The molecule has 2 aromatic rings. The van der Waals surface area contributed by atoms with Crippen molar-refractivity contribution < 1.29 is 57.1 Å². The van der Waals surface area contributed by atoms with E-state index in [0.29, 0.717) is 19.5 Å². The van der Waals surface area contributed by atoms with Crippen molar-refractivity contribution in [3.05, 3.63) is 60.2 Å². The number of ether oxygens (including phenoxy) is 1. The van der Waals surface area contributed by atoms with Gasteiger partial charge in [-0.25, -0.2) is 9.78 Å². The molecule has 1 aromatic carbocycles. The van der Waals surface area contributed by atoms with Gasteiger partial charge in [0.2, 0.25) is 5.91 Å². The molecule has 0 radical (unpaired) electrons. The highest BCUT2D eigenvalue weighted by molar-refractivity contribution is 7.40. The van der Waals surface area contributed by atoms with Crippen molar-refractivity contribution >= 4 is 42.2 Å². The van der Waals surface area contributed by atoms with Crippen LogP contribution in [0.5, 0.6) is 0 Å². The maximum atomic E-state index is 13.7. The molecule has 18 nitrogen and oxygen atoms in total. The van der Waals surface area contributed by atoms with Crippen LogP contribution < -0.4 is 16.0 Å². The molecule has 21 heteroatoms. The molecule has 3 amide bonds. The first-order valence-corrected chi connectivity index (χ1v) is 17.3. The molecular weight excluding hydrogens is 673 g/mol. The van der Waals surface area contributed by atoms with Crippen LogP contribution in [-0.2, 0) is 34.3 Å². The highest BCUT2D eigenvalue weighted by Gasteiger charge is 2.36. The normalized spacial score (nSPS) is 15.6. The molecule has 0 aliphatic carbocycles. The molecule has 3 rings (SSSR count). The molecule has 0 unspecified atom stereocenters. The average molecular weight is 714 g/mol. The first kappa shape index (κ1) is 39.5. The van der Waals surface area contributed by atoms with Crippen molar-refractivity contribution in [3.63, 3.8) is 0 Å². The summed E-state index contributed by atoms with van der Waals surface area (Å²) >= 11 is 0. The van der Waals surface area contributed by atoms with E-state index < -0.39 is 60.6 Å². The molecule has 1 aliphatic rings. The van der Waals surface area contributed by atoms with Gasteiger partial charge in [0.25, 0.3) is 12.3 Å². The van der Waals surface area contributed by atoms with Gasteiger partial charge in [-0.2, -0.15) is 0 Å². The second kappa shape index (κ2) is 21.2. The predicted octanol–water partition coefficient (Wildman–Crippen LogP) is 0.191. The first-order chi connectivity index (χ1) is 23.0. The van der Waals surface area contributed by atoms with Gasteiger partial charge in [-0.3, -0.25) is 33.8 Å². The van der Waals surface area contributed by atoms with Crippen LogP contribution in [0.4, 0.5) is 4.79 Å². The summed E-state index contributed by atoms with van der Waals surface area (Å²) in [6, 6.07) is 8.40. The third kappa shape index (κ3) is 15.1. The Kier molecular flexibility index (Phi) is 17.5. The van der Waals surface area contributed by atoms with Crippen LogP contribution in [0.2, 0.25) is 0 Å². The Labute approximate surface area is 280 Å². The summed E-state index contributed by atoms with van der Waals surface area (Å²) in [4.78, 5) is 84.3. The van der Waals surface area contributed by atoms with Crippen LogP contribution in [0.1, 0.15) is 36.3 Å². The van der Waals surface area contributed by atoms with Crippen molar-refractivity contribution in [3.8, 4) is 0 Å². The number of carbonyl (C=O) groups is 3. The first-order valence-electron chi connectivity index (χ1n) is 15.0. The molecule has 0 bridgehead atoms. The molecule has 1 saturated heterocycles. The molecule has 2 heterocycles. The van der Waals surface area contributed by atoms with Gasteiger partial charge in [-0.1, -0.05) is 44.2 Å². The van der Waals surface area contributed by atoms with E-state index in [4.69, 9.17) is 33.6 Å². The Morgan fingerprint density at radius 1 is 0.979 bits per heavy atom. The highest BCUT2D eigenvalue weighted by Crippen LogP contribution is 2.33. The summed E-state index contributed by atoms with van der Waals surface area (Å²) in [6.45, 7) is 5.59. The van der Waals surface area contributed by atoms with E-state index in [1.807, 2.05) is 54.4 Å². The lowest BCUT2D eigenvalue weighted by Crippen LogP contribution is -2.57. The second-order valence-electron chi connectivity index (χ2n) is 10.8. The van der Waals surface area contributed by atoms with Gasteiger partial charge in [0.15, 0.2) is 0 Å². The van der Waals surface area contributed by atoms with Gasteiger partial charge >= 0.3 is 30.4 Å². The van der Waals surface area contributed by atoms with Crippen molar-refractivity contribution in [1.29, 1.82) is 0 Å². The minimum atomic E-state index is -2.96. The van der Waals surface area contributed by atoms with E-state index in [9.17, 15) is 14.4 Å². The maximum absolute atomic E-state index is 13.7. The van der Waals surface area contributed by atoms with Crippen LogP contribution in [0.25, 0.3) is 0 Å². The molecule has 48 heavy (non-hydrogen) atoms. The van der Waals surface area contributed by atoms with E-state index in [0.717, 1.165) is 5.56 Å². The van der Waals surface area contributed by atoms with Crippen molar-refractivity contribution in [1.82, 2.24) is 30.8 Å². The number of alkyl carbamates (subject to hydrolysis) is 1. The highest BCUT2D eigenvalue weighted by atomic mass is 31.2. The summed E-state index contributed by atoms with van der Waals surface area (Å²) in [7, 11) is -6.69. The number of aromatic nitrogens is 2. The minimum Gasteiger partial charge on any atom is -0.448 e. The maximum Gasteiger partial charge on any atom is 0.480 e. The van der Waals surface area contributed by atoms with Gasteiger partial charge in [0, 0.05) is 51.7 Å². The zero-order chi connectivity index (χ0) is 34.9. The Morgan fingerprint density at radius 3 is 2.23 bits per heavy atom. The lowest BCUT2D eigenvalue weighted by Gasteiger charge is -2.32. The third-order valence-electron chi connectivity index (χ3n) is 6.72. The predicted molar refractivity (Wildman–Crippen MR) is 172 cm³/mol. The Hall–Kier alpha value is -2.93. The largest absolute Gasteiger partial charge is 0.480 e. The van der Waals surface area contributed by atoms with Gasteiger partial charge in [0.1, 0.15) is 18.3 Å². The number of hydrogen-bond acceptors (Lipinski definition) is 15. The molecule has 7 N–H and O–H groups in total. The van der Waals surface area contributed by atoms with Crippen LogP contribution in [0.15, 0.2) is 48.9 Å². The molecule has 1 aromatic heterocycles. The summed E-state index contributed by atoms with van der Waals surface area (Å²) in [5, 5.41) is 7.81. The SMILES string of the molecule is CC(C)C[C@H](NC(=O)[C@@H](Cc1ccccc1)NC(=O)c1cnccn1)B1OCCN(CCOC(=O)NC(OP(O)O)OP(O)O)CCO1. The quantitative estimate of drug-likeness (QED) is 0.0657. The number of rotatable bonds is 17. The number of benzene rings is 1. The van der Waals surface area contributed by atoms with E-state index in [1.165, 1.54) is 18.6 Å².